The lowest BCUT2D eigenvalue weighted by Crippen LogP contribution is -2.37. The first-order valence-electron chi connectivity index (χ1n) is 5.94. The van der Waals surface area contributed by atoms with Gasteiger partial charge in [0.1, 0.15) is 5.15 Å². The quantitative estimate of drug-likeness (QED) is 0.898. The van der Waals surface area contributed by atoms with E-state index in [1.54, 1.807) is 4.68 Å². The molecule has 1 saturated heterocycles. The lowest BCUT2D eigenvalue weighted by atomic mass is 9.78. The fourth-order valence-electron chi connectivity index (χ4n) is 2.48. The van der Waals surface area contributed by atoms with Crippen LogP contribution in [0, 0.1) is 12.3 Å². The molecule has 0 saturated carbocycles. The van der Waals surface area contributed by atoms with E-state index in [4.69, 9.17) is 16.3 Å². The van der Waals surface area contributed by atoms with Crippen LogP contribution in [0.1, 0.15) is 24.1 Å². The van der Waals surface area contributed by atoms with Crippen LogP contribution in [-0.2, 0) is 18.2 Å². The normalized spacial score (nSPS) is 25.2. The molecule has 2 heterocycles. The Hall–Kier alpha value is -0.580. The summed E-state index contributed by atoms with van der Waals surface area (Å²) in [7, 11) is 1.84. The first-order valence-corrected chi connectivity index (χ1v) is 6.32. The highest BCUT2D eigenvalue weighted by atomic mass is 35.5. The van der Waals surface area contributed by atoms with Crippen molar-refractivity contribution in [1.29, 1.82) is 0 Å². The topological polar surface area (TPSA) is 47.3 Å². The van der Waals surface area contributed by atoms with Crippen LogP contribution in [0.2, 0.25) is 5.15 Å². The predicted molar refractivity (Wildman–Crippen MR) is 66.2 cm³/mol. The fourth-order valence-corrected chi connectivity index (χ4v) is 2.72. The SMILES string of the molecule is Cc1nn(C)c(Cl)c1CC1(CO)CCCOC1. The molecule has 0 radical (unpaired) electrons. The van der Waals surface area contributed by atoms with Crippen molar-refractivity contribution in [1.82, 2.24) is 9.78 Å². The van der Waals surface area contributed by atoms with Crippen molar-refractivity contribution >= 4 is 11.6 Å². The number of aliphatic hydroxyl groups is 1. The van der Waals surface area contributed by atoms with E-state index in [2.05, 4.69) is 5.10 Å². The van der Waals surface area contributed by atoms with Gasteiger partial charge in [-0.2, -0.15) is 5.10 Å². The molecule has 2 rings (SSSR count). The maximum atomic E-state index is 9.64. The average Bonchev–Trinajstić information content (AvgIpc) is 2.57. The number of hydrogen-bond acceptors (Lipinski definition) is 3. The lowest BCUT2D eigenvalue weighted by Gasteiger charge is -2.35. The Balaban J connectivity index is 2.23. The minimum atomic E-state index is -0.185. The predicted octanol–water partition coefficient (Wildman–Crippen LogP) is 1.71. The number of hydrogen-bond donors (Lipinski definition) is 1. The fraction of sp³-hybridized carbons (Fsp3) is 0.750. The highest BCUT2D eigenvalue weighted by Crippen LogP contribution is 2.35. The van der Waals surface area contributed by atoms with E-state index >= 15 is 0 Å². The van der Waals surface area contributed by atoms with Crippen LogP contribution in [0.3, 0.4) is 0 Å². The van der Waals surface area contributed by atoms with Gasteiger partial charge in [-0.05, 0) is 26.2 Å². The Bertz CT molecular complexity index is 397. The lowest BCUT2D eigenvalue weighted by molar-refractivity contribution is -0.0379. The van der Waals surface area contributed by atoms with Gasteiger partial charge in [0.15, 0.2) is 0 Å². The Morgan fingerprint density at radius 2 is 2.35 bits per heavy atom. The average molecular weight is 259 g/mol. The van der Waals surface area contributed by atoms with Crippen LogP contribution in [0.4, 0.5) is 0 Å². The van der Waals surface area contributed by atoms with Crippen LogP contribution < -0.4 is 0 Å². The Kier molecular flexibility index (Phi) is 3.76. The van der Waals surface area contributed by atoms with Crippen molar-refractivity contribution in [3.8, 4) is 0 Å². The molecule has 0 aromatic carbocycles. The third-order valence-corrected chi connectivity index (χ3v) is 4.03. The molecule has 1 atom stereocenters. The molecule has 1 unspecified atom stereocenters. The highest BCUT2D eigenvalue weighted by molar-refractivity contribution is 6.30. The van der Waals surface area contributed by atoms with Gasteiger partial charge in [0.25, 0.3) is 0 Å². The van der Waals surface area contributed by atoms with E-state index in [1.807, 2.05) is 14.0 Å². The number of ether oxygens (including phenoxy) is 1. The summed E-state index contributed by atoms with van der Waals surface area (Å²) in [4.78, 5) is 0. The van der Waals surface area contributed by atoms with Gasteiger partial charge in [0, 0.05) is 24.6 Å². The minimum absolute atomic E-state index is 0.137. The van der Waals surface area contributed by atoms with E-state index in [0.717, 1.165) is 37.1 Å². The molecule has 1 fully saturated rings. The van der Waals surface area contributed by atoms with Crippen LogP contribution >= 0.6 is 11.6 Å². The smallest absolute Gasteiger partial charge is 0.130 e. The summed E-state index contributed by atoms with van der Waals surface area (Å²) in [5.74, 6) is 0. The maximum Gasteiger partial charge on any atom is 0.130 e. The second-order valence-electron chi connectivity index (χ2n) is 4.97. The molecular weight excluding hydrogens is 240 g/mol. The van der Waals surface area contributed by atoms with Crippen molar-refractivity contribution in [2.24, 2.45) is 12.5 Å². The van der Waals surface area contributed by atoms with Gasteiger partial charge in [0.2, 0.25) is 0 Å². The Morgan fingerprint density at radius 3 is 2.82 bits per heavy atom. The van der Waals surface area contributed by atoms with E-state index in [0.29, 0.717) is 11.8 Å². The molecule has 4 nitrogen and oxygen atoms in total. The zero-order chi connectivity index (χ0) is 12.5. The van der Waals surface area contributed by atoms with Crippen molar-refractivity contribution in [3.05, 3.63) is 16.4 Å². The summed E-state index contributed by atoms with van der Waals surface area (Å²) in [5.41, 5.74) is 1.79. The second kappa shape index (κ2) is 4.96. The summed E-state index contributed by atoms with van der Waals surface area (Å²) in [6.07, 6.45) is 2.72. The van der Waals surface area contributed by atoms with Crippen molar-refractivity contribution in [3.63, 3.8) is 0 Å². The summed E-state index contributed by atoms with van der Waals surface area (Å²) >= 11 is 6.23. The molecule has 96 valence electrons. The summed E-state index contributed by atoms with van der Waals surface area (Å²) < 4.78 is 7.19. The molecule has 1 aliphatic rings. The molecule has 1 aromatic heterocycles. The number of rotatable bonds is 3. The van der Waals surface area contributed by atoms with Gasteiger partial charge < -0.3 is 9.84 Å². The minimum Gasteiger partial charge on any atom is -0.396 e. The second-order valence-corrected chi connectivity index (χ2v) is 5.33. The third kappa shape index (κ3) is 2.49. The molecule has 1 aromatic rings. The summed E-state index contributed by atoms with van der Waals surface area (Å²) in [5, 5.41) is 14.6. The number of aromatic nitrogens is 2. The molecule has 17 heavy (non-hydrogen) atoms. The molecule has 0 bridgehead atoms. The first kappa shape index (κ1) is 12.9. The van der Waals surface area contributed by atoms with Crippen LogP contribution in [-0.4, -0.2) is 34.7 Å². The Morgan fingerprint density at radius 1 is 1.59 bits per heavy atom. The zero-order valence-corrected chi connectivity index (χ0v) is 11.1. The van der Waals surface area contributed by atoms with Gasteiger partial charge in [-0.15, -0.1) is 0 Å². The van der Waals surface area contributed by atoms with Gasteiger partial charge in [0.05, 0.1) is 18.9 Å². The van der Waals surface area contributed by atoms with Gasteiger partial charge in [-0.25, -0.2) is 0 Å². The first-order chi connectivity index (χ1) is 8.08. The molecule has 0 amide bonds. The molecule has 1 aliphatic heterocycles. The van der Waals surface area contributed by atoms with Crippen LogP contribution in [0.15, 0.2) is 0 Å². The molecule has 0 aliphatic carbocycles. The molecular formula is C12H19ClN2O2. The number of aryl methyl sites for hydroxylation is 2. The molecule has 5 heteroatoms. The van der Waals surface area contributed by atoms with E-state index in [9.17, 15) is 5.11 Å². The number of halogens is 1. The summed E-state index contributed by atoms with van der Waals surface area (Å²) in [6.45, 7) is 3.49. The maximum absolute atomic E-state index is 9.64. The van der Waals surface area contributed by atoms with Gasteiger partial charge in [-0.3, -0.25) is 4.68 Å². The largest absolute Gasteiger partial charge is 0.396 e. The van der Waals surface area contributed by atoms with Crippen molar-refractivity contribution in [2.45, 2.75) is 26.2 Å². The van der Waals surface area contributed by atoms with Crippen LogP contribution in [0.5, 0.6) is 0 Å². The standard InChI is InChI=1S/C12H19ClN2O2/c1-9-10(11(13)15(2)14-9)6-12(7-16)4-3-5-17-8-12/h16H,3-8H2,1-2H3. The third-order valence-electron chi connectivity index (χ3n) is 3.56. The number of nitrogens with zero attached hydrogens (tertiary/aromatic N) is 2. The van der Waals surface area contributed by atoms with E-state index < -0.39 is 0 Å². The zero-order valence-electron chi connectivity index (χ0n) is 10.4. The van der Waals surface area contributed by atoms with E-state index in [-0.39, 0.29) is 12.0 Å². The van der Waals surface area contributed by atoms with Gasteiger partial charge >= 0.3 is 0 Å². The Labute approximate surface area is 107 Å². The van der Waals surface area contributed by atoms with Crippen molar-refractivity contribution in [2.75, 3.05) is 19.8 Å². The molecule has 1 N–H and O–H groups in total. The number of aliphatic hydroxyl groups excluding tert-OH is 1. The van der Waals surface area contributed by atoms with Crippen LogP contribution in [0.25, 0.3) is 0 Å². The van der Waals surface area contributed by atoms with Crippen molar-refractivity contribution < 1.29 is 9.84 Å². The van der Waals surface area contributed by atoms with E-state index in [1.165, 1.54) is 0 Å². The summed E-state index contributed by atoms with van der Waals surface area (Å²) in [6, 6.07) is 0. The monoisotopic (exact) mass is 258 g/mol. The highest BCUT2D eigenvalue weighted by Gasteiger charge is 2.34. The molecule has 0 spiro atoms. The van der Waals surface area contributed by atoms with Gasteiger partial charge in [-0.1, -0.05) is 11.6 Å².